The van der Waals surface area contributed by atoms with Crippen molar-refractivity contribution >= 4 is 15.7 Å². The van der Waals surface area contributed by atoms with Crippen molar-refractivity contribution in [2.24, 2.45) is 5.92 Å². The summed E-state index contributed by atoms with van der Waals surface area (Å²) in [5.74, 6) is 0.349. The number of amides is 1. The largest absolute Gasteiger partial charge is 0.345 e. The summed E-state index contributed by atoms with van der Waals surface area (Å²) in [7, 11) is -1.61. The Bertz CT molecular complexity index is 375. The van der Waals surface area contributed by atoms with Gasteiger partial charge in [0, 0.05) is 19.8 Å². The molecule has 0 aromatic carbocycles. The lowest BCUT2D eigenvalue weighted by atomic mass is 9.94. The Morgan fingerprint density at radius 3 is 2.44 bits per heavy atom. The van der Waals surface area contributed by atoms with Crippen LogP contribution in [0.5, 0.6) is 0 Å². The molecular weight excluding hydrogens is 252 g/mol. The van der Waals surface area contributed by atoms with Crippen LogP contribution in [-0.2, 0) is 14.6 Å². The molecule has 1 amide bonds. The molecule has 0 aliphatic carbocycles. The van der Waals surface area contributed by atoms with Crippen molar-refractivity contribution < 1.29 is 13.2 Å². The van der Waals surface area contributed by atoms with Crippen LogP contribution in [0.3, 0.4) is 0 Å². The molecule has 1 N–H and O–H groups in total. The molecule has 1 aliphatic heterocycles. The van der Waals surface area contributed by atoms with Crippen LogP contribution in [0.2, 0.25) is 0 Å². The summed E-state index contributed by atoms with van der Waals surface area (Å²) in [5.41, 5.74) is 0. The van der Waals surface area contributed by atoms with Crippen LogP contribution < -0.4 is 5.32 Å². The third kappa shape index (κ3) is 4.57. The van der Waals surface area contributed by atoms with Gasteiger partial charge in [-0.15, -0.1) is 0 Å². The monoisotopic (exact) mass is 276 g/mol. The molecule has 0 aromatic heterocycles. The average molecular weight is 276 g/mol. The molecule has 0 bridgehead atoms. The predicted octanol–water partition coefficient (Wildman–Crippen LogP) is 0.268. The van der Waals surface area contributed by atoms with Gasteiger partial charge in [-0.25, -0.2) is 8.42 Å². The number of hydrogen-bond donors (Lipinski definition) is 1. The van der Waals surface area contributed by atoms with Crippen LogP contribution in [0.1, 0.15) is 26.2 Å². The second kappa shape index (κ2) is 6.52. The maximum absolute atomic E-state index is 11.9. The Hall–Kier alpha value is -0.620. The van der Waals surface area contributed by atoms with Crippen LogP contribution in [-0.4, -0.2) is 57.4 Å². The smallest absolute Gasteiger partial charge is 0.240 e. The van der Waals surface area contributed by atoms with Crippen LogP contribution in [0, 0.1) is 5.92 Å². The summed E-state index contributed by atoms with van der Waals surface area (Å²) in [5, 5.41) is 2.37. The lowest BCUT2D eigenvalue weighted by Crippen LogP contribution is -2.40. The van der Waals surface area contributed by atoms with Crippen molar-refractivity contribution in [2.75, 3.05) is 32.9 Å². The zero-order chi connectivity index (χ0) is 13.8. The van der Waals surface area contributed by atoms with E-state index in [1.807, 2.05) is 0 Å². The molecule has 1 fully saturated rings. The van der Waals surface area contributed by atoms with Crippen molar-refractivity contribution in [2.45, 2.75) is 31.4 Å². The third-order valence-corrected chi connectivity index (χ3v) is 5.18. The first-order valence-corrected chi connectivity index (χ1v) is 8.42. The Labute approximate surface area is 110 Å². The molecule has 0 aromatic rings. The maximum atomic E-state index is 11.9. The first kappa shape index (κ1) is 15.4. The summed E-state index contributed by atoms with van der Waals surface area (Å²) in [4.78, 5) is 13.4. The highest BCUT2D eigenvalue weighted by Gasteiger charge is 2.26. The van der Waals surface area contributed by atoms with E-state index in [1.165, 1.54) is 6.92 Å². The number of rotatable bonds is 5. The number of nitrogens with zero attached hydrogens (tertiary/aromatic N) is 1. The van der Waals surface area contributed by atoms with Crippen molar-refractivity contribution in [1.82, 2.24) is 10.2 Å². The summed E-state index contributed by atoms with van der Waals surface area (Å²) in [6.45, 7) is 4.19. The molecule has 1 heterocycles. The molecule has 1 rings (SSSR count). The van der Waals surface area contributed by atoms with Gasteiger partial charge in [-0.2, -0.15) is 0 Å². The number of carbonyl (C=O) groups excluding carboxylic acids is 1. The van der Waals surface area contributed by atoms with E-state index in [0.29, 0.717) is 12.5 Å². The number of hydrogen-bond acceptors (Lipinski definition) is 4. The van der Waals surface area contributed by atoms with Crippen LogP contribution in [0.15, 0.2) is 0 Å². The van der Waals surface area contributed by atoms with Gasteiger partial charge in [0.1, 0.15) is 5.25 Å². The number of piperidine rings is 1. The topological polar surface area (TPSA) is 66.5 Å². The molecule has 0 radical (unpaired) electrons. The predicted molar refractivity (Wildman–Crippen MR) is 72.2 cm³/mol. The summed E-state index contributed by atoms with van der Waals surface area (Å²) in [6, 6.07) is 0. The van der Waals surface area contributed by atoms with Crippen molar-refractivity contribution in [1.29, 1.82) is 0 Å². The van der Waals surface area contributed by atoms with Crippen LogP contribution in [0.4, 0.5) is 0 Å². The van der Waals surface area contributed by atoms with Gasteiger partial charge >= 0.3 is 0 Å². The Balaban J connectivity index is 2.40. The van der Waals surface area contributed by atoms with E-state index in [-0.39, 0.29) is 5.91 Å². The number of carbonyl (C=O) groups is 1. The number of nitrogens with one attached hydrogen (secondary N) is 1. The minimum Gasteiger partial charge on any atom is -0.345 e. The molecule has 18 heavy (non-hydrogen) atoms. The number of sulfone groups is 1. The van der Waals surface area contributed by atoms with E-state index in [2.05, 4.69) is 5.32 Å². The van der Waals surface area contributed by atoms with E-state index >= 15 is 0 Å². The average Bonchev–Trinajstić information content (AvgIpc) is 2.34. The zero-order valence-corrected chi connectivity index (χ0v) is 12.3. The molecule has 1 atom stereocenters. The van der Waals surface area contributed by atoms with Crippen molar-refractivity contribution in [3.8, 4) is 0 Å². The fourth-order valence-corrected chi connectivity index (χ4v) is 2.70. The second-order valence-electron chi connectivity index (χ2n) is 5.21. The first-order chi connectivity index (χ1) is 8.32. The van der Waals surface area contributed by atoms with Gasteiger partial charge in [-0.3, -0.25) is 4.79 Å². The Kier molecular flexibility index (Phi) is 5.59. The van der Waals surface area contributed by atoms with Gasteiger partial charge in [0.05, 0.1) is 0 Å². The summed E-state index contributed by atoms with van der Waals surface area (Å²) >= 11 is 0. The molecule has 6 heteroatoms. The third-order valence-electron chi connectivity index (χ3n) is 3.70. The molecule has 0 saturated carbocycles. The van der Waals surface area contributed by atoms with Gasteiger partial charge in [0.25, 0.3) is 0 Å². The van der Waals surface area contributed by atoms with Gasteiger partial charge in [0.15, 0.2) is 9.84 Å². The highest BCUT2D eigenvalue weighted by atomic mass is 32.2. The van der Waals surface area contributed by atoms with E-state index in [1.54, 1.807) is 11.9 Å². The summed E-state index contributed by atoms with van der Waals surface area (Å²) in [6.07, 6.45) is 4.35. The SMILES string of the molecule is CC(C(=O)N(C)CCC1CCNCC1)S(C)(=O)=O. The van der Waals surface area contributed by atoms with Crippen molar-refractivity contribution in [3.63, 3.8) is 0 Å². The van der Waals surface area contributed by atoms with Gasteiger partial charge in [-0.05, 0) is 45.2 Å². The maximum Gasteiger partial charge on any atom is 0.240 e. The van der Waals surface area contributed by atoms with E-state index < -0.39 is 15.1 Å². The molecule has 106 valence electrons. The van der Waals surface area contributed by atoms with Gasteiger partial charge in [-0.1, -0.05) is 0 Å². The molecule has 0 spiro atoms. The molecule has 5 nitrogen and oxygen atoms in total. The Morgan fingerprint density at radius 2 is 1.94 bits per heavy atom. The van der Waals surface area contributed by atoms with Crippen LogP contribution in [0.25, 0.3) is 0 Å². The highest BCUT2D eigenvalue weighted by molar-refractivity contribution is 7.92. The van der Waals surface area contributed by atoms with E-state index in [0.717, 1.165) is 38.6 Å². The van der Waals surface area contributed by atoms with Crippen molar-refractivity contribution in [3.05, 3.63) is 0 Å². The zero-order valence-electron chi connectivity index (χ0n) is 11.5. The van der Waals surface area contributed by atoms with E-state index in [9.17, 15) is 13.2 Å². The fourth-order valence-electron chi connectivity index (χ4n) is 2.15. The molecule has 1 aliphatic rings. The quantitative estimate of drug-likeness (QED) is 0.782. The normalized spacial score (nSPS) is 19.5. The minimum absolute atomic E-state index is 0.300. The second-order valence-corrected chi connectivity index (χ2v) is 7.58. The fraction of sp³-hybridized carbons (Fsp3) is 0.917. The van der Waals surface area contributed by atoms with Crippen LogP contribution >= 0.6 is 0 Å². The molecule has 1 saturated heterocycles. The van der Waals surface area contributed by atoms with Gasteiger partial charge in [0.2, 0.25) is 5.91 Å². The standard InChI is InChI=1S/C12H24N2O3S/c1-10(18(3,16)17)12(15)14(2)9-6-11-4-7-13-8-5-11/h10-11,13H,4-9H2,1-3H3. The van der Waals surface area contributed by atoms with E-state index in [4.69, 9.17) is 0 Å². The van der Waals surface area contributed by atoms with Gasteiger partial charge < -0.3 is 10.2 Å². The highest BCUT2D eigenvalue weighted by Crippen LogP contribution is 2.16. The Morgan fingerprint density at radius 1 is 1.39 bits per heavy atom. The first-order valence-electron chi connectivity index (χ1n) is 6.47. The molecule has 1 unspecified atom stereocenters. The lowest BCUT2D eigenvalue weighted by Gasteiger charge is -2.26. The lowest BCUT2D eigenvalue weighted by molar-refractivity contribution is -0.129. The minimum atomic E-state index is -3.29. The molecular formula is C12H24N2O3S. The summed E-state index contributed by atoms with van der Waals surface area (Å²) < 4.78 is 22.7.